The lowest BCUT2D eigenvalue weighted by Gasteiger charge is -2.06. The van der Waals surface area contributed by atoms with Crippen LogP contribution >= 0.6 is 0 Å². The predicted octanol–water partition coefficient (Wildman–Crippen LogP) is 0.508. The zero-order chi connectivity index (χ0) is 15.5. The number of carbonyl (C=O) groups excluding carboxylic acids is 2. The van der Waals surface area contributed by atoms with Gasteiger partial charge in [-0.3, -0.25) is 14.0 Å². The molecule has 7 heteroatoms. The fourth-order valence-corrected chi connectivity index (χ4v) is 2.40. The molecule has 7 nitrogen and oxygen atoms in total. The molecule has 1 fully saturated rings. The lowest BCUT2D eigenvalue weighted by Crippen LogP contribution is -2.31. The quantitative estimate of drug-likeness (QED) is 0.813. The van der Waals surface area contributed by atoms with E-state index >= 15 is 0 Å². The first kappa shape index (κ1) is 14.5. The number of rotatable bonds is 6. The second kappa shape index (κ2) is 6.13. The van der Waals surface area contributed by atoms with E-state index in [0.717, 1.165) is 12.1 Å². The number of amides is 2. The Hall–Kier alpha value is -2.44. The number of pyridine rings is 1. The molecule has 2 heterocycles. The van der Waals surface area contributed by atoms with Gasteiger partial charge in [0.2, 0.25) is 11.8 Å². The Morgan fingerprint density at radius 2 is 2.14 bits per heavy atom. The summed E-state index contributed by atoms with van der Waals surface area (Å²) in [5.41, 5.74) is 0.748. The first-order valence-electron chi connectivity index (χ1n) is 7.48. The van der Waals surface area contributed by atoms with Gasteiger partial charge in [-0.05, 0) is 24.5 Å². The van der Waals surface area contributed by atoms with Crippen molar-refractivity contribution >= 4 is 17.5 Å². The highest BCUT2D eigenvalue weighted by Crippen LogP contribution is 2.37. The molecule has 2 aromatic rings. The second-order valence-electron chi connectivity index (χ2n) is 5.68. The molecular weight excluding hydrogens is 282 g/mol. The minimum atomic E-state index is -0.114. The maximum Gasteiger partial charge on any atom is 0.223 e. The summed E-state index contributed by atoms with van der Waals surface area (Å²) in [6, 6.07) is 5.62. The highest BCUT2D eigenvalue weighted by atomic mass is 16.2. The molecule has 3 rings (SSSR count). The molecule has 116 valence electrons. The minimum Gasteiger partial charge on any atom is -0.355 e. The van der Waals surface area contributed by atoms with Crippen LogP contribution in [0.25, 0.3) is 5.65 Å². The van der Waals surface area contributed by atoms with Gasteiger partial charge < -0.3 is 10.6 Å². The van der Waals surface area contributed by atoms with Gasteiger partial charge in [-0.2, -0.15) is 0 Å². The van der Waals surface area contributed by atoms with Crippen molar-refractivity contribution < 1.29 is 9.59 Å². The van der Waals surface area contributed by atoms with Crippen LogP contribution in [-0.4, -0.2) is 33.0 Å². The zero-order valence-corrected chi connectivity index (χ0v) is 12.5. The summed E-state index contributed by atoms with van der Waals surface area (Å²) in [5.74, 6) is 1.25. The zero-order valence-electron chi connectivity index (χ0n) is 12.5. The summed E-state index contributed by atoms with van der Waals surface area (Å²) >= 11 is 0. The molecule has 1 aliphatic rings. The molecular formula is C15H19N5O2. The Labute approximate surface area is 128 Å². The number of aromatic nitrogens is 3. The maximum absolute atomic E-state index is 11.8. The topological polar surface area (TPSA) is 88.4 Å². The smallest absolute Gasteiger partial charge is 0.223 e. The Kier molecular flexibility index (Phi) is 4.04. The van der Waals surface area contributed by atoms with Crippen LogP contribution in [0.15, 0.2) is 24.4 Å². The summed E-state index contributed by atoms with van der Waals surface area (Å²) in [5, 5.41) is 13.7. The van der Waals surface area contributed by atoms with Gasteiger partial charge in [0.25, 0.3) is 0 Å². The molecule has 1 aliphatic carbocycles. The van der Waals surface area contributed by atoms with Gasteiger partial charge in [0.1, 0.15) is 0 Å². The summed E-state index contributed by atoms with van der Waals surface area (Å²) in [4.78, 5) is 23.4. The number of hydrogen-bond donors (Lipinski definition) is 2. The Balaban J connectivity index is 1.41. The van der Waals surface area contributed by atoms with Gasteiger partial charge in [-0.1, -0.05) is 13.0 Å². The molecule has 2 amide bonds. The van der Waals surface area contributed by atoms with Crippen LogP contribution in [0.3, 0.4) is 0 Å². The number of hydrogen-bond acceptors (Lipinski definition) is 4. The molecule has 2 atom stereocenters. The normalized spacial score (nSPS) is 19.9. The molecule has 0 bridgehead atoms. The fourth-order valence-electron chi connectivity index (χ4n) is 2.40. The predicted molar refractivity (Wildman–Crippen MR) is 79.7 cm³/mol. The van der Waals surface area contributed by atoms with Crippen molar-refractivity contribution in [2.24, 2.45) is 11.8 Å². The molecule has 22 heavy (non-hydrogen) atoms. The number of carbonyl (C=O) groups is 2. The van der Waals surface area contributed by atoms with Gasteiger partial charge in [0.05, 0.1) is 6.54 Å². The van der Waals surface area contributed by atoms with E-state index in [0.29, 0.717) is 24.8 Å². The molecule has 0 saturated heterocycles. The standard InChI is InChI=1S/C15H19N5O2/c1-10-8-11(10)15(22)16-6-5-14(21)17-9-13-19-18-12-4-2-3-7-20(12)13/h2-4,7,10-11H,5-6,8-9H2,1H3,(H,16,22)(H,17,21). The lowest BCUT2D eigenvalue weighted by atomic mass is 10.3. The van der Waals surface area contributed by atoms with Crippen molar-refractivity contribution in [2.75, 3.05) is 6.54 Å². The van der Waals surface area contributed by atoms with Crippen LogP contribution in [0, 0.1) is 11.8 Å². The van der Waals surface area contributed by atoms with E-state index in [4.69, 9.17) is 0 Å². The van der Waals surface area contributed by atoms with E-state index in [1.807, 2.05) is 28.8 Å². The number of fused-ring (bicyclic) bond motifs is 1. The van der Waals surface area contributed by atoms with E-state index < -0.39 is 0 Å². The summed E-state index contributed by atoms with van der Waals surface area (Å²) in [7, 11) is 0. The van der Waals surface area contributed by atoms with Crippen molar-refractivity contribution in [3.63, 3.8) is 0 Å². The highest BCUT2D eigenvalue weighted by Gasteiger charge is 2.38. The van der Waals surface area contributed by atoms with Crippen LogP contribution in [-0.2, 0) is 16.1 Å². The van der Waals surface area contributed by atoms with Gasteiger partial charge in [0.15, 0.2) is 11.5 Å². The molecule has 0 spiro atoms. The molecule has 0 radical (unpaired) electrons. The molecule has 2 unspecified atom stereocenters. The summed E-state index contributed by atoms with van der Waals surface area (Å²) in [6.45, 7) is 2.74. The summed E-state index contributed by atoms with van der Waals surface area (Å²) < 4.78 is 1.83. The molecule has 2 N–H and O–H groups in total. The van der Waals surface area contributed by atoms with Crippen LogP contribution in [0.1, 0.15) is 25.6 Å². The van der Waals surface area contributed by atoms with Crippen molar-refractivity contribution in [3.05, 3.63) is 30.2 Å². The second-order valence-corrected chi connectivity index (χ2v) is 5.68. The van der Waals surface area contributed by atoms with Crippen molar-refractivity contribution in [2.45, 2.75) is 26.3 Å². The first-order valence-corrected chi connectivity index (χ1v) is 7.48. The van der Waals surface area contributed by atoms with Crippen LogP contribution in [0.5, 0.6) is 0 Å². The molecule has 2 aromatic heterocycles. The van der Waals surface area contributed by atoms with Gasteiger partial charge in [-0.15, -0.1) is 10.2 Å². The van der Waals surface area contributed by atoms with Gasteiger partial charge in [-0.25, -0.2) is 0 Å². The molecule has 0 aromatic carbocycles. The average Bonchev–Trinajstić information content (AvgIpc) is 3.11. The van der Waals surface area contributed by atoms with E-state index in [2.05, 4.69) is 27.8 Å². The van der Waals surface area contributed by atoms with Crippen LogP contribution in [0.4, 0.5) is 0 Å². The largest absolute Gasteiger partial charge is 0.355 e. The molecule has 0 aliphatic heterocycles. The third-order valence-electron chi connectivity index (χ3n) is 3.93. The first-order chi connectivity index (χ1) is 10.6. The Bertz CT molecular complexity index is 696. The maximum atomic E-state index is 11.8. The van der Waals surface area contributed by atoms with Crippen molar-refractivity contribution in [3.8, 4) is 0 Å². The third-order valence-corrected chi connectivity index (χ3v) is 3.93. The fraction of sp³-hybridized carbons (Fsp3) is 0.467. The van der Waals surface area contributed by atoms with Crippen LogP contribution in [0.2, 0.25) is 0 Å². The number of nitrogens with zero attached hydrogens (tertiary/aromatic N) is 3. The minimum absolute atomic E-state index is 0.0590. The lowest BCUT2D eigenvalue weighted by molar-refractivity contribution is -0.123. The van der Waals surface area contributed by atoms with Gasteiger partial charge in [0, 0.05) is 25.1 Å². The monoisotopic (exact) mass is 301 g/mol. The van der Waals surface area contributed by atoms with E-state index in [9.17, 15) is 9.59 Å². The van der Waals surface area contributed by atoms with Crippen LogP contribution < -0.4 is 10.6 Å². The van der Waals surface area contributed by atoms with E-state index in [-0.39, 0.29) is 24.2 Å². The highest BCUT2D eigenvalue weighted by molar-refractivity contribution is 5.82. The average molecular weight is 301 g/mol. The molecule has 1 saturated carbocycles. The van der Waals surface area contributed by atoms with Gasteiger partial charge >= 0.3 is 0 Å². The van der Waals surface area contributed by atoms with E-state index in [1.54, 1.807) is 0 Å². The van der Waals surface area contributed by atoms with Crippen molar-refractivity contribution in [1.82, 2.24) is 25.2 Å². The Morgan fingerprint density at radius 3 is 2.91 bits per heavy atom. The Morgan fingerprint density at radius 1 is 1.32 bits per heavy atom. The third kappa shape index (κ3) is 3.24. The van der Waals surface area contributed by atoms with Crippen molar-refractivity contribution in [1.29, 1.82) is 0 Å². The summed E-state index contributed by atoms with van der Waals surface area (Å²) in [6.07, 6.45) is 3.08. The van der Waals surface area contributed by atoms with E-state index in [1.165, 1.54) is 0 Å². The number of nitrogens with one attached hydrogen (secondary N) is 2. The SMILES string of the molecule is CC1CC1C(=O)NCCC(=O)NCc1nnc2ccccn12.